The van der Waals surface area contributed by atoms with Crippen LogP contribution in [0.15, 0.2) is 46.2 Å². The molecule has 0 fully saturated rings. The molecule has 1 aliphatic carbocycles. The van der Waals surface area contributed by atoms with Gasteiger partial charge < -0.3 is 0 Å². The summed E-state index contributed by atoms with van der Waals surface area (Å²) in [6.07, 6.45) is 2.28. The smallest absolute Gasteiger partial charge is 0.245 e. The molecule has 0 spiro atoms. The highest BCUT2D eigenvalue weighted by Crippen LogP contribution is 2.41. The Kier molecular flexibility index (Phi) is 5.08. The largest absolute Gasteiger partial charge is 0.294 e. The van der Waals surface area contributed by atoms with E-state index in [1.165, 1.54) is 30.3 Å². The molecule has 10 heteroatoms. The summed E-state index contributed by atoms with van der Waals surface area (Å²) in [6, 6.07) is 8.51. The monoisotopic (exact) mass is 429 g/mol. The van der Waals surface area contributed by atoms with E-state index in [9.17, 15) is 26.0 Å². The van der Waals surface area contributed by atoms with Crippen molar-refractivity contribution in [2.24, 2.45) is 0 Å². The van der Waals surface area contributed by atoms with Crippen molar-refractivity contribution in [1.29, 1.82) is 0 Å². The highest BCUT2D eigenvalue weighted by molar-refractivity contribution is 8.09. The summed E-state index contributed by atoms with van der Waals surface area (Å²) in [5.41, 5.74) is 0.957. The predicted octanol–water partition coefficient (Wildman–Crippen LogP) is 2.83. The van der Waals surface area contributed by atoms with Crippen molar-refractivity contribution in [3.8, 4) is 0 Å². The van der Waals surface area contributed by atoms with Crippen LogP contribution in [-0.4, -0.2) is 35.1 Å². The van der Waals surface area contributed by atoms with Gasteiger partial charge >= 0.3 is 0 Å². The van der Waals surface area contributed by atoms with Gasteiger partial charge in [-0.2, -0.15) is 3.71 Å². The molecule has 144 valence electrons. The topological polar surface area (TPSA) is 88.6 Å². The lowest BCUT2D eigenvalue weighted by Crippen LogP contribution is -2.35. The first-order valence-corrected chi connectivity index (χ1v) is 12.3. The summed E-state index contributed by atoms with van der Waals surface area (Å²) >= 11 is 0.994. The minimum atomic E-state index is -4.16. The molecule has 0 unspecified atom stereocenters. The standard InChI is InChI=1S/C17H16FNO5S3/c1-26(21,22)19(27(2,23)24)15-8-11-6-7-16(20)14(11)10-17(15)25-13-5-3-4-12(18)9-13/h3-5,8-10H,6-7H2,1-2H3. The number of ketones is 1. The third-order valence-corrected chi connectivity index (χ3v) is 8.19. The molecule has 0 saturated carbocycles. The van der Waals surface area contributed by atoms with E-state index in [1.807, 2.05) is 0 Å². The van der Waals surface area contributed by atoms with Gasteiger partial charge in [-0.1, -0.05) is 17.8 Å². The maximum absolute atomic E-state index is 13.5. The first kappa shape index (κ1) is 19.8. The SMILES string of the molecule is CS(=O)(=O)N(c1cc2c(cc1Sc1cccc(F)c1)C(=O)CC2)S(C)(=O)=O. The van der Waals surface area contributed by atoms with Crippen molar-refractivity contribution >= 4 is 43.3 Å². The van der Waals surface area contributed by atoms with Crippen molar-refractivity contribution in [1.82, 2.24) is 0 Å². The molecule has 0 N–H and O–H groups in total. The zero-order chi connectivity index (χ0) is 20.0. The highest BCUT2D eigenvalue weighted by Gasteiger charge is 2.32. The van der Waals surface area contributed by atoms with E-state index in [1.54, 1.807) is 6.07 Å². The summed E-state index contributed by atoms with van der Waals surface area (Å²) in [6.45, 7) is 0. The van der Waals surface area contributed by atoms with Gasteiger partial charge in [0.15, 0.2) is 5.78 Å². The number of sulfonamides is 2. The molecule has 27 heavy (non-hydrogen) atoms. The van der Waals surface area contributed by atoms with Gasteiger partial charge in [-0.15, -0.1) is 0 Å². The molecule has 0 amide bonds. The molecule has 0 aromatic heterocycles. The number of nitrogens with zero attached hydrogens (tertiary/aromatic N) is 1. The number of aryl methyl sites for hydroxylation is 1. The fourth-order valence-electron chi connectivity index (χ4n) is 2.95. The van der Waals surface area contributed by atoms with Gasteiger partial charge in [-0.3, -0.25) is 4.79 Å². The zero-order valence-corrected chi connectivity index (χ0v) is 16.9. The van der Waals surface area contributed by atoms with Gasteiger partial charge in [-0.05, 0) is 42.3 Å². The quantitative estimate of drug-likeness (QED) is 0.726. The Bertz CT molecular complexity index is 1110. The maximum atomic E-state index is 13.5. The third-order valence-electron chi connectivity index (χ3n) is 3.93. The molecule has 2 aromatic carbocycles. The first-order chi connectivity index (χ1) is 12.5. The second-order valence-corrected chi connectivity index (χ2v) is 11.2. The Morgan fingerprint density at radius 1 is 1.00 bits per heavy atom. The normalized spacial score (nSPS) is 14.3. The summed E-state index contributed by atoms with van der Waals surface area (Å²) < 4.78 is 62.7. The molecule has 0 atom stereocenters. The summed E-state index contributed by atoms with van der Waals surface area (Å²) in [4.78, 5) is 12.8. The maximum Gasteiger partial charge on any atom is 0.245 e. The number of carbonyl (C=O) groups excluding carboxylic acids is 1. The second kappa shape index (κ2) is 6.92. The molecular formula is C17H16FNO5S3. The van der Waals surface area contributed by atoms with Gasteiger partial charge in [0.05, 0.1) is 18.2 Å². The molecule has 0 bridgehead atoms. The Morgan fingerprint density at radius 2 is 1.67 bits per heavy atom. The van der Waals surface area contributed by atoms with Crippen LogP contribution in [0.1, 0.15) is 22.3 Å². The number of fused-ring (bicyclic) bond motifs is 1. The molecule has 6 nitrogen and oxygen atoms in total. The van der Waals surface area contributed by atoms with E-state index in [4.69, 9.17) is 0 Å². The van der Waals surface area contributed by atoms with Crippen LogP contribution in [0.25, 0.3) is 0 Å². The van der Waals surface area contributed by atoms with Crippen LogP contribution >= 0.6 is 11.8 Å². The Hall–Kier alpha value is -1.91. The van der Waals surface area contributed by atoms with Gasteiger partial charge in [-0.25, -0.2) is 21.2 Å². The van der Waals surface area contributed by atoms with Crippen LogP contribution in [0.3, 0.4) is 0 Å². The molecule has 0 aliphatic heterocycles. The molecule has 0 radical (unpaired) electrons. The van der Waals surface area contributed by atoms with Crippen LogP contribution in [-0.2, 0) is 26.5 Å². The molecule has 0 saturated heterocycles. The molecule has 2 aromatic rings. The number of benzene rings is 2. The van der Waals surface area contributed by atoms with Crippen LogP contribution in [0.5, 0.6) is 0 Å². The molecule has 0 heterocycles. The van der Waals surface area contributed by atoms with Gasteiger partial charge in [0.25, 0.3) is 0 Å². The molecule has 1 aliphatic rings. The van der Waals surface area contributed by atoms with Crippen molar-refractivity contribution in [3.05, 3.63) is 53.3 Å². The fraction of sp³-hybridized carbons (Fsp3) is 0.235. The average Bonchev–Trinajstić information content (AvgIpc) is 2.85. The number of halogens is 1. The zero-order valence-electron chi connectivity index (χ0n) is 14.5. The number of carbonyl (C=O) groups is 1. The number of anilines is 1. The van der Waals surface area contributed by atoms with Gasteiger partial charge in [0, 0.05) is 21.8 Å². The minimum absolute atomic E-state index is 0.0669. The highest BCUT2D eigenvalue weighted by atomic mass is 32.3. The summed E-state index contributed by atoms with van der Waals surface area (Å²) in [5.74, 6) is -0.579. The van der Waals surface area contributed by atoms with Crippen molar-refractivity contribution in [2.75, 3.05) is 16.2 Å². The number of hydrogen-bond donors (Lipinski definition) is 0. The van der Waals surface area contributed by atoms with Crippen molar-refractivity contribution in [2.45, 2.75) is 22.6 Å². The number of rotatable bonds is 5. The van der Waals surface area contributed by atoms with Crippen LogP contribution in [0, 0.1) is 5.82 Å². The predicted molar refractivity (Wildman–Crippen MR) is 102 cm³/mol. The van der Waals surface area contributed by atoms with Crippen LogP contribution in [0.2, 0.25) is 0 Å². The van der Waals surface area contributed by atoms with E-state index >= 15 is 0 Å². The van der Waals surface area contributed by atoms with Crippen LogP contribution < -0.4 is 3.71 Å². The third kappa shape index (κ3) is 4.17. The Labute approximate surface area is 161 Å². The lowest BCUT2D eigenvalue weighted by atomic mass is 10.1. The van der Waals surface area contributed by atoms with Crippen LogP contribution in [0.4, 0.5) is 10.1 Å². The van der Waals surface area contributed by atoms with E-state index in [0.717, 1.165) is 24.3 Å². The second-order valence-electron chi connectivity index (χ2n) is 6.18. The van der Waals surface area contributed by atoms with Gasteiger partial charge in [0.1, 0.15) is 5.82 Å². The number of hydrogen-bond acceptors (Lipinski definition) is 6. The summed E-state index contributed by atoms with van der Waals surface area (Å²) in [7, 11) is -8.31. The lowest BCUT2D eigenvalue weighted by molar-refractivity contribution is 0.0994. The average molecular weight is 430 g/mol. The van der Waals surface area contributed by atoms with Crippen molar-refractivity contribution < 1.29 is 26.0 Å². The Morgan fingerprint density at radius 3 is 2.26 bits per heavy atom. The lowest BCUT2D eigenvalue weighted by Gasteiger charge is -2.23. The van der Waals surface area contributed by atoms with E-state index in [0.29, 0.717) is 26.2 Å². The van der Waals surface area contributed by atoms with E-state index in [-0.39, 0.29) is 22.8 Å². The van der Waals surface area contributed by atoms with Gasteiger partial charge in [0.2, 0.25) is 20.0 Å². The number of Topliss-reactive ketones (excluding diaryl/α,β-unsaturated/α-hetero) is 1. The molecule has 3 rings (SSSR count). The fourth-order valence-corrected chi connectivity index (χ4v) is 7.05. The Balaban J connectivity index is 2.24. The van der Waals surface area contributed by atoms with E-state index < -0.39 is 25.9 Å². The summed E-state index contributed by atoms with van der Waals surface area (Å²) in [5, 5.41) is 0. The minimum Gasteiger partial charge on any atom is -0.294 e. The first-order valence-electron chi connectivity index (χ1n) is 7.81. The molecular weight excluding hydrogens is 413 g/mol. The van der Waals surface area contributed by atoms with E-state index in [2.05, 4.69) is 0 Å². The van der Waals surface area contributed by atoms with Crippen molar-refractivity contribution in [3.63, 3.8) is 0 Å².